The quantitative estimate of drug-likeness (QED) is 0.761. The van der Waals surface area contributed by atoms with Crippen molar-refractivity contribution in [2.24, 2.45) is 0 Å². The Morgan fingerprint density at radius 1 is 1.10 bits per heavy atom. The Hall–Kier alpha value is -1.16. The van der Waals surface area contributed by atoms with Crippen molar-refractivity contribution < 1.29 is 5.11 Å². The molecule has 20 heavy (non-hydrogen) atoms. The molecule has 0 saturated carbocycles. The molecule has 1 aromatic carbocycles. The first-order valence-electron chi connectivity index (χ1n) is 7.18. The lowest BCUT2D eigenvalue weighted by Gasteiger charge is -2.13. The molecule has 1 aromatic heterocycles. The first kappa shape index (κ1) is 15.2. The highest BCUT2D eigenvalue weighted by molar-refractivity contribution is 7.09. The summed E-state index contributed by atoms with van der Waals surface area (Å²) in [6, 6.07) is 12.5. The van der Waals surface area contributed by atoms with Gasteiger partial charge >= 0.3 is 0 Å². The third kappa shape index (κ3) is 4.44. The molecule has 0 aliphatic heterocycles. The summed E-state index contributed by atoms with van der Waals surface area (Å²) in [5.41, 5.74) is 2.30. The van der Waals surface area contributed by atoms with Gasteiger partial charge in [-0.15, -0.1) is 11.3 Å². The molecule has 0 aliphatic rings. The van der Waals surface area contributed by atoms with E-state index in [-0.39, 0.29) is 0 Å². The van der Waals surface area contributed by atoms with Gasteiger partial charge in [0.05, 0.1) is 6.10 Å². The number of thiophene rings is 1. The second-order valence-corrected chi connectivity index (χ2v) is 6.40. The minimum atomic E-state index is -0.431. The molecule has 2 aromatic rings. The van der Waals surface area contributed by atoms with Crippen LogP contribution in [0.4, 0.5) is 0 Å². The van der Waals surface area contributed by atoms with Gasteiger partial charge in [-0.2, -0.15) is 0 Å². The number of aliphatic hydroxyl groups excluding tert-OH is 1. The first-order chi connectivity index (χ1) is 9.66. The van der Waals surface area contributed by atoms with Gasteiger partial charge in [-0.1, -0.05) is 44.2 Å². The summed E-state index contributed by atoms with van der Waals surface area (Å²) in [5.74, 6) is 0.533. The Labute approximate surface area is 125 Å². The molecule has 1 heterocycles. The van der Waals surface area contributed by atoms with E-state index >= 15 is 0 Å². The van der Waals surface area contributed by atoms with Crippen LogP contribution in [0.2, 0.25) is 0 Å². The number of aliphatic hydroxyl groups is 1. The van der Waals surface area contributed by atoms with Crippen molar-refractivity contribution in [3.05, 3.63) is 57.8 Å². The van der Waals surface area contributed by atoms with E-state index in [0.29, 0.717) is 12.5 Å². The van der Waals surface area contributed by atoms with Crippen LogP contribution in [0.25, 0.3) is 0 Å². The summed E-state index contributed by atoms with van der Waals surface area (Å²) in [4.78, 5) is 1.38. The summed E-state index contributed by atoms with van der Waals surface area (Å²) in [6.45, 7) is 5.86. The molecule has 0 bridgehead atoms. The molecule has 1 unspecified atom stereocenters. The van der Waals surface area contributed by atoms with E-state index in [1.165, 1.54) is 10.4 Å². The van der Waals surface area contributed by atoms with Gasteiger partial charge in [0, 0.05) is 18.0 Å². The van der Waals surface area contributed by atoms with E-state index in [2.05, 4.69) is 48.8 Å². The zero-order valence-electron chi connectivity index (χ0n) is 12.2. The maximum atomic E-state index is 10.1. The third-order valence-corrected chi connectivity index (χ3v) is 4.39. The molecule has 0 aliphatic carbocycles. The second kappa shape index (κ2) is 7.58. The van der Waals surface area contributed by atoms with Crippen LogP contribution in [-0.2, 0) is 6.42 Å². The predicted octanol–water partition coefficient (Wildman–Crippen LogP) is 3.74. The third-order valence-electron chi connectivity index (χ3n) is 3.45. The highest BCUT2D eigenvalue weighted by atomic mass is 32.1. The van der Waals surface area contributed by atoms with Gasteiger partial charge in [0.2, 0.25) is 0 Å². The molecule has 2 N–H and O–H groups in total. The Bertz CT molecular complexity index is 490. The van der Waals surface area contributed by atoms with Crippen LogP contribution in [0.15, 0.2) is 41.8 Å². The van der Waals surface area contributed by atoms with Crippen LogP contribution in [0.5, 0.6) is 0 Å². The van der Waals surface area contributed by atoms with Crippen molar-refractivity contribution in [3.8, 4) is 0 Å². The van der Waals surface area contributed by atoms with Gasteiger partial charge in [-0.3, -0.25) is 0 Å². The lowest BCUT2D eigenvalue weighted by atomic mass is 10.00. The molecule has 0 radical (unpaired) electrons. The van der Waals surface area contributed by atoms with Crippen LogP contribution in [0.3, 0.4) is 0 Å². The van der Waals surface area contributed by atoms with Crippen LogP contribution in [-0.4, -0.2) is 18.2 Å². The smallest absolute Gasteiger partial charge is 0.0914 e. The van der Waals surface area contributed by atoms with Crippen LogP contribution in [0, 0.1) is 0 Å². The summed E-state index contributed by atoms with van der Waals surface area (Å²) in [6.07, 6.45) is 0.594. The van der Waals surface area contributed by atoms with Gasteiger partial charge in [-0.05, 0) is 34.9 Å². The average molecular weight is 289 g/mol. The predicted molar refractivity (Wildman–Crippen MR) is 86.4 cm³/mol. The molecule has 0 fully saturated rings. The highest BCUT2D eigenvalue weighted by Crippen LogP contribution is 2.18. The van der Waals surface area contributed by atoms with Crippen LogP contribution >= 0.6 is 11.3 Å². The zero-order chi connectivity index (χ0) is 14.4. The fourth-order valence-corrected chi connectivity index (χ4v) is 2.84. The van der Waals surface area contributed by atoms with E-state index in [9.17, 15) is 5.11 Å². The van der Waals surface area contributed by atoms with Gasteiger partial charge in [0.25, 0.3) is 0 Å². The molecular formula is C17H23NOS. The molecular weight excluding hydrogens is 266 g/mol. The maximum absolute atomic E-state index is 10.1. The summed E-state index contributed by atoms with van der Waals surface area (Å²) in [5, 5.41) is 15.6. The van der Waals surface area contributed by atoms with Crippen molar-refractivity contribution in [3.63, 3.8) is 0 Å². The van der Waals surface area contributed by atoms with E-state index in [0.717, 1.165) is 18.5 Å². The normalized spacial score (nSPS) is 12.8. The molecule has 0 saturated heterocycles. The molecule has 0 amide bonds. The van der Waals surface area contributed by atoms with Gasteiger partial charge in [-0.25, -0.2) is 0 Å². The van der Waals surface area contributed by atoms with Gasteiger partial charge < -0.3 is 10.4 Å². The zero-order valence-corrected chi connectivity index (χ0v) is 13.0. The largest absolute Gasteiger partial charge is 0.387 e. The summed E-state index contributed by atoms with van der Waals surface area (Å²) >= 11 is 1.78. The second-order valence-electron chi connectivity index (χ2n) is 5.37. The number of rotatable bonds is 7. The number of benzene rings is 1. The van der Waals surface area contributed by atoms with Crippen molar-refractivity contribution in [1.29, 1.82) is 0 Å². The topological polar surface area (TPSA) is 32.3 Å². The summed E-state index contributed by atoms with van der Waals surface area (Å²) in [7, 11) is 0. The van der Waals surface area contributed by atoms with E-state index in [4.69, 9.17) is 0 Å². The van der Waals surface area contributed by atoms with E-state index in [1.807, 2.05) is 12.1 Å². The minimum absolute atomic E-state index is 0.431. The molecule has 3 heteroatoms. The SMILES string of the molecule is CC(C)c1ccc(C(O)CNCCc2cccs2)cc1. The lowest BCUT2D eigenvalue weighted by Crippen LogP contribution is -2.23. The van der Waals surface area contributed by atoms with Crippen molar-refractivity contribution in [2.75, 3.05) is 13.1 Å². The van der Waals surface area contributed by atoms with Gasteiger partial charge in [0.15, 0.2) is 0 Å². The number of nitrogens with one attached hydrogen (secondary N) is 1. The number of hydrogen-bond donors (Lipinski definition) is 2. The van der Waals surface area contributed by atoms with Crippen LogP contribution in [0.1, 0.15) is 41.9 Å². The Morgan fingerprint density at radius 2 is 1.80 bits per heavy atom. The summed E-state index contributed by atoms with van der Waals surface area (Å²) < 4.78 is 0. The standard InChI is InChI=1S/C17H23NOS/c1-13(2)14-5-7-15(8-6-14)17(19)12-18-10-9-16-4-3-11-20-16/h3-8,11,13,17-19H,9-10,12H2,1-2H3. The maximum Gasteiger partial charge on any atom is 0.0914 e. The minimum Gasteiger partial charge on any atom is -0.387 e. The van der Waals surface area contributed by atoms with Gasteiger partial charge in [0.1, 0.15) is 0 Å². The first-order valence-corrected chi connectivity index (χ1v) is 8.06. The van der Waals surface area contributed by atoms with Crippen molar-refractivity contribution in [2.45, 2.75) is 32.3 Å². The molecule has 2 rings (SSSR count). The highest BCUT2D eigenvalue weighted by Gasteiger charge is 2.07. The van der Waals surface area contributed by atoms with E-state index < -0.39 is 6.10 Å². The lowest BCUT2D eigenvalue weighted by molar-refractivity contribution is 0.175. The van der Waals surface area contributed by atoms with E-state index in [1.54, 1.807) is 11.3 Å². The fourth-order valence-electron chi connectivity index (χ4n) is 2.13. The van der Waals surface area contributed by atoms with Crippen molar-refractivity contribution in [1.82, 2.24) is 5.32 Å². The molecule has 0 spiro atoms. The molecule has 1 atom stereocenters. The fraction of sp³-hybridized carbons (Fsp3) is 0.412. The van der Waals surface area contributed by atoms with Crippen LogP contribution < -0.4 is 5.32 Å². The molecule has 108 valence electrons. The Balaban J connectivity index is 1.75. The van der Waals surface area contributed by atoms with Crippen molar-refractivity contribution >= 4 is 11.3 Å². The number of hydrogen-bond acceptors (Lipinski definition) is 3. The Morgan fingerprint density at radius 3 is 2.40 bits per heavy atom. The Kier molecular flexibility index (Phi) is 5.77. The average Bonchev–Trinajstić information content (AvgIpc) is 2.96. The monoisotopic (exact) mass is 289 g/mol. The molecule has 2 nitrogen and oxygen atoms in total.